The lowest BCUT2D eigenvalue weighted by Crippen LogP contribution is -2.65. The number of carbonyl (C=O) groups excluding carboxylic acids is 2. The monoisotopic (exact) mass is 390 g/mol. The topological polar surface area (TPSA) is 116 Å². The van der Waals surface area contributed by atoms with Crippen molar-refractivity contribution in [2.24, 2.45) is 10.9 Å². The summed E-state index contributed by atoms with van der Waals surface area (Å²) in [6.07, 6.45) is -2.02. The zero-order valence-corrected chi connectivity index (χ0v) is 14.9. The molecule has 11 heteroatoms. The van der Waals surface area contributed by atoms with Gasteiger partial charge in [0.15, 0.2) is 5.84 Å². The number of hydrogen-bond donors (Lipinski definition) is 2. The SMILES string of the molecule is CCCCC(=O)N[C@](O/N=C(\N)c1ccncc1)(C(=O)OCC)C(F)(F)F. The van der Waals surface area contributed by atoms with Crippen molar-refractivity contribution >= 4 is 17.7 Å². The Balaban J connectivity index is 3.25. The summed E-state index contributed by atoms with van der Waals surface area (Å²) in [5, 5.41) is 4.76. The van der Waals surface area contributed by atoms with Crippen molar-refractivity contribution in [3.05, 3.63) is 30.1 Å². The van der Waals surface area contributed by atoms with Gasteiger partial charge in [-0.1, -0.05) is 18.5 Å². The lowest BCUT2D eigenvalue weighted by atomic mass is 10.1. The number of pyridine rings is 1. The molecule has 0 aliphatic carbocycles. The minimum atomic E-state index is -5.36. The van der Waals surface area contributed by atoms with Gasteiger partial charge in [-0.3, -0.25) is 15.1 Å². The number of nitrogens with two attached hydrogens (primary N) is 1. The molecule has 0 bridgehead atoms. The van der Waals surface area contributed by atoms with Gasteiger partial charge in [-0.25, -0.2) is 4.79 Å². The lowest BCUT2D eigenvalue weighted by molar-refractivity contribution is -0.286. The first kappa shape index (κ1) is 22.2. The van der Waals surface area contributed by atoms with Gasteiger partial charge in [0.05, 0.1) is 6.61 Å². The summed E-state index contributed by atoms with van der Waals surface area (Å²) in [4.78, 5) is 32.2. The third kappa shape index (κ3) is 5.83. The van der Waals surface area contributed by atoms with E-state index >= 15 is 0 Å². The molecular weight excluding hydrogens is 369 g/mol. The number of hydrogen-bond acceptors (Lipinski definition) is 6. The van der Waals surface area contributed by atoms with Crippen molar-refractivity contribution in [2.75, 3.05) is 6.61 Å². The van der Waals surface area contributed by atoms with Crippen LogP contribution in [0.5, 0.6) is 0 Å². The highest BCUT2D eigenvalue weighted by Gasteiger charge is 2.67. The van der Waals surface area contributed by atoms with Crippen molar-refractivity contribution in [3.8, 4) is 0 Å². The smallest absolute Gasteiger partial charge is 0.461 e. The number of nitrogens with one attached hydrogen (secondary N) is 1. The molecule has 0 spiro atoms. The Kier molecular flexibility index (Phi) is 8.00. The summed E-state index contributed by atoms with van der Waals surface area (Å²) in [6.45, 7) is 2.70. The predicted octanol–water partition coefficient (Wildman–Crippen LogP) is 1.85. The van der Waals surface area contributed by atoms with Crippen LogP contribution in [0.15, 0.2) is 29.7 Å². The molecule has 1 aromatic heterocycles. The van der Waals surface area contributed by atoms with Gasteiger partial charge in [0.1, 0.15) is 0 Å². The van der Waals surface area contributed by atoms with Crippen LogP contribution in [0.25, 0.3) is 0 Å². The van der Waals surface area contributed by atoms with Crippen LogP contribution in [0, 0.1) is 0 Å². The van der Waals surface area contributed by atoms with E-state index in [1.807, 2.05) is 0 Å². The highest BCUT2D eigenvalue weighted by molar-refractivity contribution is 5.97. The fraction of sp³-hybridized carbons (Fsp3) is 0.500. The van der Waals surface area contributed by atoms with Crippen molar-refractivity contribution in [1.82, 2.24) is 10.3 Å². The summed E-state index contributed by atoms with van der Waals surface area (Å²) in [5.41, 5.74) is 1.99. The Hall–Kier alpha value is -2.85. The normalized spacial score (nSPS) is 14.2. The maximum absolute atomic E-state index is 13.7. The van der Waals surface area contributed by atoms with Crippen LogP contribution in [-0.4, -0.2) is 41.2 Å². The van der Waals surface area contributed by atoms with E-state index in [2.05, 4.69) is 19.7 Å². The average Bonchev–Trinajstić information content (AvgIpc) is 2.63. The minimum Gasteiger partial charge on any atom is -0.461 e. The van der Waals surface area contributed by atoms with Gasteiger partial charge < -0.3 is 15.3 Å². The molecule has 0 fully saturated rings. The van der Waals surface area contributed by atoms with E-state index in [1.165, 1.54) is 31.5 Å². The number of esters is 1. The van der Waals surface area contributed by atoms with Crippen LogP contribution in [-0.2, 0) is 19.2 Å². The van der Waals surface area contributed by atoms with E-state index in [0.29, 0.717) is 12.8 Å². The van der Waals surface area contributed by atoms with E-state index in [-0.39, 0.29) is 18.6 Å². The van der Waals surface area contributed by atoms with Crippen LogP contribution in [0.4, 0.5) is 13.2 Å². The van der Waals surface area contributed by atoms with Crippen molar-refractivity contribution < 1.29 is 32.3 Å². The molecule has 0 saturated carbocycles. The van der Waals surface area contributed by atoms with Crippen molar-refractivity contribution in [3.63, 3.8) is 0 Å². The minimum absolute atomic E-state index is 0.210. The number of nitrogens with zero attached hydrogens (tertiary/aromatic N) is 2. The predicted molar refractivity (Wildman–Crippen MR) is 89.1 cm³/mol. The molecule has 3 N–H and O–H groups in total. The molecule has 27 heavy (non-hydrogen) atoms. The Morgan fingerprint density at radius 1 is 1.26 bits per heavy atom. The molecule has 0 unspecified atom stereocenters. The van der Waals surface area contributed by atoms with Gasteiger partial charge >= 0.3 is 17.9 Å². The first-order valence-electron chi connectivity index (χ1n) is 8.15. The van der Waals surface area contributed by atoms with Gasteiger partial charge in [0.25, 0.3) is 0 Å². The van der Waals surface area contributed by atoms with Crippen molar-refractivity contribution in [2.45, 2.75) is 45.0 Å². The second-order valence-corrected chi connectivity index (χ2v) is 5.35. The van der Waals surface area contributed by atoms with Crippen LogP contribution in [0.2, 0.25) is 0 Å². The summed E-state index contributed by atoms with van der Waals surface area (Å²) < 4.78 is 45.6. The molecule has 1 heterocycles. The molecule has 0 aliphatic heterocycles. The molecule has 0 aromatic carbocycles. The summed E-state index contributed by atoms with van der Waals surface area (Å²) in [6, 6.07) is 2.75. The van der Waals surface area contributed by atoms with Gasteiger partial charge in [-0.05, 0) is 25.5 Å². The third-order valence-electron chi connectivity index (χ3n) is 3.29. The molecule has 1 aromatic rings. The number of rotatable bonds is 9. The Morgan fingerprint density at radius 2 is 1.89 bits per heavy atom. The standard InChI is InChI=1S/C16H21F3N4O4/c1-3-5-6-12(24)22-15(16(17,18)19,14(25)26-4-2)27-23-13(20)11-7-9-21-10-8-11/h7-10H,3-6H2,1-2H3,(H2,20,23)(H,22,24)/t15-/m0/s1. The molecule has 0 radical (unpaired) electrons. The third-order valence-corrected chi connectivity index (χ3v) is 3.29. The number of oxime groups is 1. The first-order valence-corrected chi connectivity index (χ1v) is 8.15. The van der Waals surface area contributed by atoms with E-state index in [1.54, 1.807) is 12.2 Å². The van der Waals surface area contributed by atoms with Gasteiger partial charge in [0.2, 0.25) is 5.91 Å². The fourth-order valence-corrected chi connectivity index (χ4v) is 1.87. The molecule has 0 saturated heterocycles. The second kappa shape index (κ2) is 9.74. The van der Waals surface area contributed by atoms with E-state index in [4.69, 9.17) is 5.73 Å². The number of alkyl halides is 3. The zero-order valence-electron chi connectivity index (χ0n) is 14.9. The quantitative estimate of drug-likeness (QED) is 0.219. The number of carbonyl (C=O) groups is 2. The van der Waals surface area contributed by atoms with E-state index < -0.39 is 29.6 Å². The summed E-state index contributed by atoms with van der Waals surface area (Å²) >= 11 is 0. The number of aromatic nitrogens is 1. The van der Waals surface area contributed by atoms with Crippen LogP contribution in [0.3, 0.4) is 0 Å². The Labute approximate surface area is 153 Å². The maximum Gasteiger partial charge on any atom is 0.463 e. The summed E-state index contributed by atoms with van der Waals surface area (Å²) in [7, 11) is 0. The molecule has 150 valence electrons. The lowest BCUT2D eigenvalue weighted by Gasteiger charge is -2.31. The largest absolute Gasteiger partial charge is 0.463 e. The highest BCUT2D eigenvalue weighted by Crippen LogP contribution is 2.33. The maximum atomic E-state index is 13.7. The van der Waals surface area contributed by atoms with Gasteiger partial charge in [-0.2, -0.15) is 13.2 Å². The van der Waals surface area contributed by atoms with E-state index in [9.17, 15) is 22.8 Å². The van der Waals surface area contributed by atoms with E-state index in [0.717, 1.165) is 0 Å². The molecule has 1 amide bonds. The van der Waals surface area contributed by atoms with Gasteiger partial charge in [-0.15, -0.1) is 0 Å². The van der Waals surface area contributed by atoms with Crippen LogP contribution < -0.4 is 11.1 Å². The fourth-order valence-electron chi connectivity index (χ4n) is 1.87. The van der Waals surface area contributed by atoms with Crippen LogP contribution in [0.1, 0.15) is 38.7 Å². The molecule has 8 nitrogen and oxygen atoms in total. The molecule has 1 rings (SSSR count). The average molecular weight is 390 g/mol. The Bertz CT molecular complexity index is 667. The molecule has 1 atom stereocenters. The number of unbranched alkanes of at least 4 members (excludes halogenated alkanes) is 1. The zero-order chi connectivity index (χ0) is 20.5. The number of ether oxygens (including phenoxy) is 1. The Morgan fingerprint density at radius 3 is 2.41 bits per heavy atom. The number of halogens is 3. The second-order valence-electron chi connectivity index (χ2n) is 5.35. The number of amidine groups is 1. The van der Waals surface area contributed by atoms with Crippen molar-refractivity contribution in [1.29, 1.82) is 0 Å². The first-order chi connectivity index (χ1) is 12.7. The van der Waals surface area contributed by atoms with Crippen LogP contribution >= 0.6 is 0 Å². The molecule has 0 aliphatic rings. The van der Waals surface area contributed by atoms with Gasteiger partial charge in [0, 0.05) is 24.4 Å². The molecular formula is C16H21F3N4O4. The highest BCUT2D eigenvalue weighted by atomic mass is 19.4. The summed E-state index contributed by atoms with van der Waals surface area (Å²) in [5.74, 6) is -3.34. The number of amides is 1.